The summed E-state index contributed by atoms with van der Waals surface area (Å²) in [5, 5.41) is 5.08. The highest BCUT2D eigenvalue weighted by molar-refractivity contribution is 6.39. The maximum Gasteiger partial charge on any atom is 0.313 e. The molecule has 2 rings (SSSR count). The van der Waals surface area contributed by atoms with E-state index < -0.39 is 11.8 Å². The van der Waals surface area contributed by atoms with E-state index in [0.717, 1.165) is 5.56 Å². The van der Waals surface area contributed by atoms with Crippen LogP contribution in [0.3, 0.4) is 0 Å². The van der Waals surface area contributed by atoms with Crippen LogP contribution in [-0.4, -0.2) is 26.0 Å². The van der Waals surface area contributed by atoms with E-state index in [1.54, 1.807) is 49.6 Å². The minimum atomic E-state index is -0.711. The van der Waals surface area contributed by atoms with Crippen LogP contribution in [0, 0.1) is 0 Å². The molecule has 0 atom stereocenters. The van der Waals surface area contributed by atoms with Crippen LogP contribution >= 0.6 is 0 Å². The molecule has 0 aliphatic carbocycles. The van der Waals surface area contributed by atoms with E-state index in [4.69, 9.17) is 9.47 Å². The molecule has 0 aromatic heterocycles. The van der Waals surface area contributed by atoms with E-state index in [1.165, 1.54) is 7.11 Å². The average Bonchev–Trinajstić information content (AvgIpc) is 2.60. The molecule has 0 aliphatic rings. The molecule has 2 amide bonds. The summed E-state index contributed by atoms with van der Waals surface area (Å²) in [5.41, 5.74) is 1.36. The molecule has 23 heavy (non-hydrogen) atoms. The Labute approximate surface area is 134 Å². The van der Waals surface area contributed by atoms with Crippen molar-refractivity contribution < 1.29 is 19.1 Å². The van der Waals surface area contributed by atoms with Gasteiger partial charge in [0.2, 0.25) is 0 Å². The lowest BCUT2D eigenvalue weighted by Gasteiger charge is -2.10. The van der Waals surface area contributed by atoms with Gasteiger partial charge in [-0.05, 0) is 29.8 Å². The monoisotopic (exact) mass is 314 g/mol. The van der Waals surface area contributed by atoms with Crippen LogP contribution in [0.25, 0.3) is 0 Å². The number of carbonyl (C=O) groups is 2. The highest BCUT2D eigenvalue weighted by atomic mass is 16.5. The van der Waals surface area contributed by atoms with Gasteiger partial charge in [0.1, 0.15) is 0 Å². The zero-order valence-corrected chi connectivity index (χ0v) is 13.0. The van der Waals surface area contributed by atoms with Crippen LogP contribution in [0.4, 0.5) is 5.69 Å². The number of ether oxygens (including phenoxy) is 2. The van der Waals surface area contributed by atoms with Gasteiger partial charge < -0.3 is 20.1 Å². The van der Waals surface area contributed by atoms with Crippen LogP contribution < -0.4 is 20.1 Å². The largest absolute Gasteiger partial charge is 0.493 e. The van der Waals surface area contributed by atoms with Gasteiger partial charge in [0.05, 0.1) is 14.2 Å². The first-order valence-corrected chi connectivity index (χ1v) is 6.99. The number of anilines is 1. The lowest BCUT2D eigenvalue weighted by Crippen LogP contribution is -2.34. The molecule has 0 heterocycles. The number of nitrogens with one attached hydrogen (secondary N) is 2. The van der Waals surface area contributed by atoms with Crippen molar-refractivity contribution in [1.82, 2.24) is 5.32 Å². The summed E-state index contributed by atoms with van der Waals surface area (Å²) >= 11 is 0. The second-order valence-electron chi connectivity index (χ2n) is 4.69. The average molecular weight is 314 g/mol. The summed E-state index contributed by atoms with van der Waals surface area (Å²) in [6, 6.07) is 14.1. The molecule has 0 fully saturated rings. The highest BCUT2D eigenvalue weighted by Crippen LogP contribution is 2.27. The molecule has 6 nitrogen and oxygen atoms in total. The topological polar surface area (TPSA) is 76.7 Å². The van der Waals surface area contributed by atoms with Crippen LogP contribution in [0.5, 0.6) is 11.5 Å². The number of amides is 2. The number of methoxy groups -OCH3 is 2. The van der Waals surface area contributed by atoms with E-state index >= 15 is 0 Å². The van der Waals surface area contributed by atoms with Gasteiger partial charge in [-0.15, -0.1) is 0 Å². The van der Waals surface area contributed by atoms with Crippen LogP contribution in [0.2, 0.25) is 0 Å². The minimum absolute atomic E-state index is 0.210. The standard InChI is InChI=1S/C17H18N2O4/c1-22-14-9-8-12(10-15(14)23-2)11-18-16(20)17(21)19-13-6-4-3-5-7-13/h3-10H,11H2,1-2H3,(H,18,20)(H,19,21). The molecule has 0 radical (unpaired) electrons. The minimum Gasteiger partial charge on any atom is -0.493 e. The zero-order chi connectivity index (χ0) is 16.7. The van der Waals surface area contributed by atoms with Crippen molar-refractivity contribution in [2.24, 2.45) is 0 Å². The normalized spacial score (nSPS) is 9.83. The van der Waals surface area contributed by atoms with Gasteiger partial charge in [0, 0.05) is 12.2 Å². The molecule has 6 heteroatoms. The van der Waals surface area contributed by atoms with Gasteiger partial charge in [0.15, 0.2) is 11.5 Å². The number of hydrogen-bond donors (Lipinski definition) is 2. The first kappa shape index (κ1) is 16.4. The summed E-state index contributed by atoms with van der Waals surface area (Å²) < 4.78 is 10.3. The van der Waals surface area contributed by atoms with Crippen molar-refractivity contribution in [3.05, 3.63) is 54.1 Å². The van der Waals surface area contributed by atoms with Crippen molar-refractivity contribution in [3.63, 3.8) is 0 Å². The van der Waals surface area contributed by atoms with Crippen LogP contribution in [0.1, 0.15) is 5.56 Å². The Balaban J connectivity index is 1.92. The fourth-order valence-corrected chi connectivity index (χ4v) is 1.96. The molecular weight excluding hydrogens is 296 g/mol. The molecular formula is C17H18N2O4. The summed E-state index contributed by atoms with van der Waals surface area (Å²) in [5.74, 6) is -0.252. The lowest BCUT2D eigenvalue weighted by molar-refractivity contribution is -0.136. The summed E-state index contributed by atoms with van der Waals surface area (Å²) in [6.07, 6.45) is 0. The Hall–Kier alpha value is -3.02. The van der Waals surface area contributed by atoms with Crippen LogP contribution in [0.15, 0.2) is 48.5 Å². The Morgan fingerprint density at radius 2 is 1.61 bits per heavy atom. The van der Waals surface area contributed by atoms with E-state index in [2.05, 4.69) is 10.6 Å². The molecule has 2 aromatic rings. The van der Waals surface area contributed by atoms with Gasteiger partial charge in [0.25, 0.3) is 0 Å². The van der Waals surface area contributed by atoms with Gasteiger partial charge in [-0.25, -0.2) is 0 Å². The number of para-hydroxylation sites is 1. The molecule has 2 N–H and O–H groups in total. The molecule has 2 aromatic carbocycles. The predicted molar refractivity (Wildman–Crippen MR) is 86.5 cm³/mol. The SMILES string of the molecule is COc1ccc(CNC(=O)C(=O)Nc2ccccc2)cc1OC. The van der Waals surface area contributed by atoms with Crippen LogP contribution in [-0.2, 0) is 16.1 Å². The third-order valence-electron chi connectivity index (χ3n) is 3.14. The quantitative estimate of drug-likeness (QED) is 0.827. The lowest BCUT2D eigenvalue weighted by atomic mass is 10.2. The molecule has 0 bridgehead atoms. The Kier molecular flexibility index (Phi) is 5.57. The molecule has 0 aliphatic heterocycles. The second-order valence-corrected chi connectivity index (χ2v) is 4.69. The number of benzene rings is 2. The van der Waals surface area contributed by atoms with E-state index in [1.807, 2.05) is 6.07 Å². The maximum absolute atomic E-state index is 11.8. The van der Waals surface area contributed by atoms with Crippen molar-refractivity contribution in [1.29, 1.82) is 0 Å². The van der Waals surface area contributed by atoms with Gasteiger partial charge in [-0.3, -0.25) is 9.59 Å². The Morgan fingerprint density at radius 1 is 0.913 bits per heavy atom. The summed E-state index contributed by atoms with van der Waals surface area (Å²) in [7, 11) is 3.08. The van der Waals surface area contributed by atoms with Gasteiger partial charge >= 0.3 is 11.8 Å². The first-order chi connectivity index (χ1) is 11.1. The zero-order valence-electron chi connectivity index (χ0n) is 13.0. The molecule has 0 unspecified atom stereocenters. The fourth-order valence-electron chi connectivity index (χ4n) is 1.96. The number of carbonyl (C=O) groups excluding carboxylic acids is 2. The molecule has 0 saturated heterocycles. The second kappa shape index (κ2) is 7.84. The smallest absolute Gasteiger partial charge is 0.313 e. The highest BCUT2D eigenvalue weighted by Gasteiger charge is 2.13. The summed E-state index contributed by atoms with van der Waals surface area (Å²) in [4.78, 5) is 23.6. The van der Waals surface area contributed by atoms with E-state index in [-0.39, 0.29) is 6.54 Å². The van der Waals surface area contributed by atoms with Crippen molar-refractivity contribution in [3.8, 4) is 11.5 Å². The number of rotatable bonds is 5. The van der Waals surface area contributed by atoms with Gasteiger partial charge in [-0.2, -0.15) is 0 Å². The fraction of sp³-hybridized carbons (Fsp3) is 0.176. The third kappa shape index (κ3) is 4.47. The summed E-state index contributed by atoms with van der Waals surface area (Å²) in [6.45, 7) is 0.210. The van der Waals surface area contributed by atoms with Gasteiger partial charge in [-0.1, -0.05) is 24.3 Å². The molecule has 0 saturated carbocycles. The van der Waals surface area contributed by atoms with E-state index in [0.29, 0.717) is 17.2 Å². The first-order valence-electron chi connectivity index (χ1n) is 6.99. The predicted octanol–water partition coefficient (Wildman–Crippen LogP) is 1.96. The van der Waals surface area contributed by atoms with Crippen molar-refractivity contribution >= 4 is 17.5 Å². The Morgan fingerprint density at radius 3 is 2.26 bits per heavy atom. The van der Waals surface area contributed by atoms with E-state index in [9.17, 15) is 9.59 Å². The number of hydrogen-bond acceptors (Lipinski definition) is 4. The molecule has 0 spiro atoms. The maximum atomic E-state index is 11.8. The van der Waals surface area contributed by atoms with Crippen molar-refractivity contribution in [2.45, 2.75) is 6.54 Å². The molecule has 120 valence electrons. The Bertz CT molecular complexity index is 686. The third-order valence-corrected chi connectivity index (χ3v) is 3.14. The van der Waals surface area contributed by atoms with Crippen molar-refractivity contribution in [2.75, 3.05) is 19.5 Å².